The quantitative estimate of drug-likeness (QED) is 0.382. The van der Waals surface area contributed by atoms with Crippen LogP contribution in [0.25, 0.3) is 0 Å². The second kappa shape index (κ2) is 7.12. The van der Waals surface area contributed by atoms with E-state index in [4.69, 9.17) is 25.8 Å². The van der Waals surface area contributed by atoms with Gasteiger partial charge in [0.05, 0.1) is 11.0 Å². The molecule has 0 aromatic heterocycles. The number of hydrogen-bond donors (Lipinski definition) is 1. The first-order valence-corrected chi connectivity index (χ1v) is 7.29. The van der Waals surface area contributed by atoms with Crippen LogP contribution in [0.3, 0.4) is 0 Å². The van der Waals surface area contributed by atoms with Gasteiger partial charge in [-0.25, -0.2) is 0 Å². The molecule has 5 atom stereocenters. The number of alkyl halides is 1. The molecule has 0 saturated carbocycles. The zero-order valence-corrected chi connectivity index (χ0v) is 13.2. The Balaban J connectivity index is 2.06. The highest BCUT2D eigenvalue weighted by Gasteiger charge is 2.45. The number of nitro groups is 1. The standard InChI is InChI=1S/C14H16ClNO7/c1-7-13(22-8(2)17)11(15)12(18)14(21-7)23-10-5-3-9(4-6-10)16(19)20/h3-7,11-14,18H,1-2H3/t7-,11+,12-,13+,14+/m0/s1. The summed E-state index contributed by atoms with van der Waals surface area (Å²) < 4.78 is 16.0. The Morgan fingerprint density at radius 3 is 2.52 bits per heavy atom. The van der Waals surface area contributed by atoms with Crippen molar-refractivity contribution in [3.63, 3.8) is 0 Å². The van der Waals surface area contributed by atoms with Gasteiger partial charge < -0.3 is 19.3 Å². The molecule has 2 rings (SSSR count). The van der Waals surface area contributed by atoms with Crippen LogP contribution in [0.2, 0.25) is 0 Å². The first-order chi connectivity index (χ1) is 10.8. The topological polar surface area (TPSA) is 108 Å². The molecule has 8 nitrogen and oxygen atoms in total. The maximum atomic E-state index is 11.1. The van der Waals surface area contributed by atoms with Crippen LogP contribution in [0.4, 0.5) is 5.69 Å². The van der Waals surface area contributed by atoms with Gasteiger partial charge in [0.25, 0.3) is 5.69 Å². The van der Waals surface area contributed by atoms with Crippen molar-refractivity contribution in [3.8, 4) is 5.75 Å². The Morgan fingerprint density at radius 1 is 1.39 bits per heavy atom. The smallest absolute Gasteiger partial charge is 0.303 e. The zero-order chi connectivity index (χ0) is 17.1. The summed E-state index contributed by atoms with van der Waals surface area (Å²) in [6, 6.07) is 5.32. The molecule has 1 aromatic rings. The van der Waals surface area contributed by atoms with Crippen LogP contribution < -0.4 is 4.74 Å². The van der Waals surface area contributed by atoms with E-state index in [-0.39, 0.29) is 11.4 Å². The summed E-state index contributed by atoms with van der Waals surface area (Å²) in [5, 5.41) is 19.9. The fourth-order valence-electron chi connectivity index (χ4n) is 2.20. The fourth-order valence-corrected chi connectivity index (χ4v) is 2.58. The highest BCUT2D eigenvalue weighted by atomic mass is 35.5. The number of benzene rings is 1. The third-order valence-corrected chi connectivity index (χ3v) is 3.84. The lowest BCUT2D eigenvalue weighted by molar-refractivity contribution is -0.384. The second-order valence-corrected chi connectivity index (χ2v) is 5.59. The van der Waals surface area contributed by atoms with Gasteiger partial charge in [0.1, 0.15) is 23.3 Å². The van der Waals surface area contributed by atoms with Crippen molar-refractivity contribution in [1.29, 1.82) is 0 Å². The highest BCUT2D eigenvalue weighted by Crippen LogP contribution is 2.29. The molecule has 9 heteroatoms. The van der Waals surface area contributed by atoms with Crippen LogP contribution >= 0.6 is 11.6 Å². The molecular weight excluding hydrogens is 330 g/mol. The van der Waals surface area contributed by atoms with E-state index in [1.54, 1.807) is 6.92 Å². The summed E-state index contributed by atoms with van der Waals surface area (Å²) in [4.78, 5) is 21.1. The van der Waals surface area contributed by atoms with Crippen molar-refractivity contribution in [2.75, 3.05) is 0 Å². The second-order valence-electron chi connectivity index (χ2n) is 5.09. The molecule has 0 radical (unpaired) electrons. The number of aliphatic hydroxyl groups excluding tert-OH is 1. The third-order valence-electron chi connectivity index (χ3n) is 3.33. The molecule has 1 aliphatic heterocycles. The summed E-state index contributed by atoms with van der Waals surface area (Å²) >= 11 is 6.12. The van der Waals surface area contributed by atoms with Gasteiger partial charge in [-0.1, -0.05) is 0 Å². The minimum absolute atomic E-state index is 0.0824. The van der Waals surface area contributed by atoms with Crippen molar-refractivity contribution >= 4 is 23.3 Å². The molecule has 23 heavy (non-hydrogen) atoms. The lowest BCUT2D eigenvalue weighted by atomic mass is 10.0. The van der Waals surface area contributed by atoms with E-state index >= 15 is 0 Å². The fraction of sp³-hybridized carbons (Fsp3) is 0.500. The van der Waals surface area contributed by atoms with Gasteiger partial charge in [0.15, 0.2) is 0 Å². The van der Waals surface area contributed by atoms with Crippen molar-refractivity contribution in [1.82, 2.24) is 0 Å². The van der Waals surface area contributed by atoms with Crippen molar-refractivity contribution in [3.05, 3.63) is 34.4 Å². The van der Waals surface area contributed by atoms with Gasteiger partial charge in [-0.2, -0.15) is 0 Å². The summed E-state index contributed by atoms with van der Waals surface area (Å²) in [6.45, 7) is 2.88. The molecule has 1 aliphatic rings. The summed E-state index contributed by atoms with van der Waals surface area (Å²) in [5.41, 5.74) is -0.0824. The van der Waals surface area contributed by atoms with Crippen molar-refractivity contribution in [2.24, 2.45) is 0 Å². The molecule has 1 N–H and O–H groups in total. The summed E-state index contributed by atoms with van der Waals surface area (Å²) in [7, 11) is 0. The van der Waals surface area contributed by atoms with Crippen LogP contribution in [0.1, 0.15) is 13.8 Å². The van der Waals surface area contributed by atoms with Crippen molar-refractivity contribution < 1.29 is 29.0 Å². The average molecular weight is 346 g/mol. The van der Waals surface area contributed by atoms with E-state index < -0.39 is 40.9 Å². The molecule has 1 fully saturated rings. The number of non-ortho nitro benzene ring substituents is 1. The normalized spacial score (nSPS) is 30.5. The van der Waals surface area contributed by atoms with Gasteiger partial charge in [-0.15, -0.1) is 11.6 Å². The SMILES string of the molecule is CC(=O)O[C@H]1[C@H](Cl)[C@H](O)[C@@H](Oc2ccc([N+](=O)[O-])cc2)O[C@H]1C. The largest absolute Gasteiger partial charge is 0.462 e. The molecule has 0 bridgehead atoms. The molecule has 0 spiro atoms. The van der Waals surface area contributed by atoms with Crippen LogP contribution in [-0.4, -0.2) is 46.0 Å². The van der Waals surface area contributed by atoms with E-state index in [0.29, 0.717) is 0 Å². The predicted molar refractivity (Wildman–Crippen MR) is 79.3 cm³/mol. The average Bonchev–Trinajstić information content (AvgIpc) is 2.49. The number of hydrogen-bond acceptors (Lipinski definition) is 7. The number of aliphatic hydroxyl groups is 1. The number of esters is 1. The van der Waals surface area contributed by atoms with E-state index in [0.717, 1.165) is 0 Å². The van der Waals surface area contributed by atoms with E-state index in [2.05, 4.69) is 0 Å². The Labute approximate surface area is 137 Å². The number of nitro benzene ring substituents is 1. The predicted octanol–water partition coefficient (Wildman–Crippen LogP) is 1.62. The minimum Gasteiger partial charge on any atom is -0.462 e. The molecular formula is C14H16ClNO7. The Kier molecular flexibility index (Phi) is 5.40. The number of nitrogens with zero attached hydrogens (tertiary/aromatic N) is 1. The minimum atomic E-state index is -1.24. The molecule has 1 saturated heterocycles. The molecule has 1 aromatic carbocycles. The van der Waals surface area contributed by atoms with Crippen molar-refractivity contribution in [2.45, 2.75) is 43.8 Å². The summed E-state index contributed by atoms with van der Waals surface area (Å²) in [6.07, 6.45) is -3.72. The first kappa shape index (κ1) is 17.5. The van der Waals surface area contributed by atoms with E-state index in [1.807, 2.05) is 0 Å². The maximum Gasteiger partial charge on any atom is 0.303 e. The van der Waals surface area contributed by atoms with E-state index in [9.17, 15) is 20.0 Å². The number of ether oxygens (including phenoxy) is 3. The molecule has 1 heterocycles. The van der Waals surface area contributed by atoms with Crippen LogP contribution in [0.5, 0.6) is 5.75 Å². The number of halogens is 1. The van der Waals surface area contributed by atoms with Gasteiger partial charge in [-0.3, -0.25) is 14.9 Å². The Morgan fingerprint density at radius 2 is 2.00 bits per heavy atom. The van der Waals surface area contributed by atoms with Gasteiger partial charge in [0.2, 0.25) is 6.29 Å². The maximum absolute atomic E-state index is 11.1. The highest BCUT2D eigenvalue weighted by molar-refractivity contribution is 6.21. The zero-order valence-electron chi connectivity index (χ0n) is 12.4. The number of carbonyl (C=O) groups is 1. The number of carbonyl (C=O) groups excluding carboxylic acids is 1. The van der Waals surface area contributed by atoms with Gasteiger partial charge in [0, 0.05) is 19.1 Å². The van der Waals surface area contributed by atoms with Crippen LogP contribution in [0.15, 0.2) is 24.3 Å². The first-order valence-electron chi connectivity index (χ1n) is 6.85. The molecule has 126 valence electrons. The van der Waals surface area contributed by atoms with E-state index in [1.165, 1.54) is 31.2 Å². The van der Waals surface area contributed by atoms with Gasteiger partial charge >= 0.3 is 5.97 Å². The Hall–Kier alpha value is -1.90. The molecule has 0 unspecified atom stereocenters. The Bertz CT molecular complexity index is 579. The summed E-state index contributed by atoms with van der Waals surface area (Å²) in [5.74, 6) is -0.250. The number of rotatable bonds is 4. The van der Waals surface area contributed by atoms with Gasteiger partial charge in [-0.05, 0) is 19.1 Å². The monoisotopic (exact) mass is 345 g/mol. The van der Waals surface area contributed by atoms with Crippen LogP contribution in [-0.2, 0) is 14.3 Å². The molecule has 0 aliphatic carbocycles. The third kappa shape index (κ3) is 4.10. The lowest BCUT2D eigenvalue weighted by Gasteiger charge is -2.40. The molecule has 0 amide bonds. The van der Waals surface area contributed by atoms with Crippen LogP contribution in [0, 0.1) is 10.1 Å². The lowest BCUT2D eigenvalue weighted by Crippen LogP contribution is -2.57.